The molecule has 0 aliphatic heterocycles. The second kappa shape index (κ2) is 6.26. The predicted molar refractivity (Wildman–Crippen MR) is 73.0 cm³/mol. The lowest BCUT2D eigenvalue weighted by atomic mass is 10.3. The van der Waals surface area contributed by atoms with Gasteiger partial charge in [0.15, 0.2) is 0 Å². The summed E-state index contributed by atoms with van der Waals surface area (Å²) in [7, 11) is -2.90. The van der Waals surface area contributed by atoms with Crippen molar-refractivity contribution in [2.24, 2.45) is 0 Å². The summed E-state index contributed by atoms with van der Waals surface area (Å²) in [6, 6.07) is 5.28. The third-order valence-corrected chi connectivity index (χ3v) is 4.45. The highest BCUT2D eigenvalue weighted by molar-refractivity contribution is 9.10. The van der Waals surface area contributed by atoms with Gasteiger partial charge in [0.05, 0.1) is 12.4 Å². The number of halogens is 1. The second-order valence-electron chi connectivity index (χ2n) is 3.66. The van der Waals surface area contributed by atoms with E-state index >= 15 is 0 Å². The Balaban J connectivity index is 2.41. The molecule has 6 heteroatoms. The van der Waals surface area contributed by atoms with Crippen LogP contribution in [-0.4, -0.2) is 26.5 Å². The average molecular weight is 322 g/mol. The van der Waals surface area contributed by atoms with Gasteiger partial charge in [-0.3, -0.25) is 0 Å². The van der Waals surface area contributed by atoms with Crippen molar-refractivity contribution in [3.05, 3.63) is 22.7 Å². The summed E-state index contributed by atoms with van der Waals surface area (Å²) in [5.41, 5.74) is 6.26. The van der Waals surface area contributed by atoms with Crippen LogP contribution in [0.5, 0.6) is 5.75 Å². The van der Waals surface area contributed by atoms with E-state index in [1.807, 2.05) is 0 Å². The molecular weight excluding hydrogens is 306 g/mol. The van der Waals surface area contributed by atoms with E-state index in [9.17, 15) is 8.42 Å². The van der Waals surface area contributed by atoms with Crippen LogP contribution in [0.3, 0.4) is 0 Å². The number of sulfone groups is 1. The van der Waals surface area contributed by atoms with Gasteiger partial charge in [0, 0.05) is 22.0 Å². The molecular formula is C11H16BrNO3S. The Morgan fingerprint density at radius 1 is 1.35 bits per heavy atom. The second-order valence-corrected chi connectivity index (χ2v) is 7.05. The zero-order valence-electron chi connectivity index (χ0n) is 9.65. The van der Waals surface area contributed by atoms with E-state index in [-0.39, 0.29) is 11.5 Å². The maximum absolute atomic E-state index is 11.2. The third kappa shape index (κ3) is 5.41. The van der Waals surface area contributed by atoms with Gasteiger partial charge in [0.2, 0.25) is 0 Å². The molecule has 96 valence electrons. The van der Waals surface area contributed by atoms with Crippen LogP contribution in [0.2, 0.25) is 0 Å². The van der Waals surface area contributed by atoms with E-state index in [0.29, 0.717) is 24.5 Å². The number of hydrogen-bond acceptors (Lipinski definition) is 4. The normalized spacial score (nSPS) is 11.4. The van der Waals surface area contributed by atoms with Crippen molar-refractivity contribution in [3.8, 4) is 5.75 Å². The number of nitrogen functional groups attached to an aromatic ring is 1. The molecule has 0 radical (unpaired) electrons. The minimum atomic E-state index is -2.90. The lowest BCUT2D eigenvalue weighted by Crippen LogP contribution is -2.11. The van der Waals surface area contributed by atoms with Crippen LogP contribution in [0.15, 0.2) is 22.7 Å². The molecule has 2 N–H and O–H groups in total. The van der Waals surface area contributed by atoms with Crippen molar-refractivity contribution in [2.45, 2.75) is 13.3 Å². The standard InChI is InChI=1S/C11H16BrNO3S/c1-2-17(14,15)5-3-4-16-11-7-9(12)6-10(13)8-11/h6-8H,2-5,13H2,1H3. The number of hydrogen-bond donors (Lipinski definition) is 1. The van der Waals surface area contributed by atoms with Gasteiger partial charge in [-0.05, 0) is 18.6 Å². The molecule has 1 rings (SSSR count). The highest BCUT2D eigenvalue weighted by Crippen LogP contribution is 2.22. The van der Waals surface area contributed by atoms with Gasteiger partial charge < -0.3 is 10.5 Å². The third-order valence-electron chi connectivity index (χ3n) is 2.20. The highest BCUT2D eigenvalue weighted by atomic mass is 79.9. The molecule has 0 aromatic heterocycles. The fourth-order valence-electron chi connectivity index (χ4n) is 1.28. The summed E-state index contributed by atoms with van der Waals surface area (Å²) in [5, 5.41) is 0. The number of ether oxygens (including phenoxy) is 1. The summed E-state index contributed by atoms with van der Waals surface area (Å²) in [6.45, 7) is 2.01. The number of nitrogens with two attached hydrogens (primary N) is 1. The molecule has 0 atom stereocenters. The average Bonchev–Trinajstić information content (AvgIpc) is 2.23. The molecule has 1 aromatic carbocycles. The van der Waals surface area contributed by atoms with E-state index in [2.05, 4.69) is 15.9 Å². The largest absolute Gasteiger partial charge is 0.493 e. The van der Waals surface area contributed by atoms with Crippen molar-refractivity contribution >= 4 is 31.5 Å². The van der Waals surface area contributed by atoms with Gasteiger partial charge >= 0.3 is 0 Å². The van der Waals surface area contributed by atoms with Crippen molar-refractivity contribution in [3.63, 3.8) is 0 Å². The fraction of sp³-hybridized carbons (Fsp3) is 0.455. The van der Waals surface area contributed by atoms with Crippen LogP contribution in [0.25, 0.3) is 0 Å². The lowest BCUT2D eigenvalue weighted by molar-refractivity contribution is 0.317. The number of anilines is 1. The smallest absolute Gasteiger partial charge is 0.150 e. The summed E-state index contributed by atoms with van der Waals surface area (Å²) < 4.78 is 28.7. The van der Waals surface area contributed by atoms with Crippen LogP contribution in [0.4, 0.5) is 5.69 Å². The molecule has 0 aliphatic carbocycles. The maximum Gasteiger partial charge on any atom is 0.150 e. The zero-order valence-corrected chi connectivity index (χ0v) is 12.1. The monoisotopic (exact) mass is 321 g/mol. The predicted octanol–water partition coefficient (Wildman–Crippen LogP) is 2.23. The molecule has 1 aromatic rings. The molecule has 0 amide bonds. The zero-order chi connectivity index (χ0) is 12.9. The first kappa shape index (κ1) is 14.3. The van der Waals surface area contributed by atoms with Gasteiger partial charge in [-0.2, -0.15) is 0 Å². The van der Waals surface area contributed by atoms with Gasteiger partial charge in [0.1, 0.15) is 15.6 Å². The SMILES string of the molecule is CCS(=O)(=O)CCCOc1cc(N)cc(Br)c1. The molecule has 0 bridgehead atoms. The Morgan fingerprint density at radius 3 is 2.65 bits per heavy atom. The topological polar surface area (TPSA) is 69.4 Å². The maximum atomic E-state index is 11.2. The molecule has 0 aliphatic rings. The van der Waals surface area contributed by atoms with E-state index in [1.165, 1.54) is 0 Å². The molecule has 4 nitrogen and oxygen atoms in total. The van der Waals surface area contributed by atoms with Crippen molar-refractivity contribution in [2.75, 3.05) is 23.8 Å². The van der Waals surface area contributed by atoms with Gasteiger partial charge in [0.25, 0.3) is 0 Å². The van der Waals surface area contributed by atoms with Crippen LogP contribution in [0, 0.1) is 0 Å². The van der Waals surface area contributed by atoms with E-state index in [1.54, 1.807) is 25.1 Å². The molecule has 0 heterocycles. The molecule has 0 saturated heterocycles. The van der Waals surface area contributed by atoms with Crippen LogP contribution in [-0.2, 0) is 9.84 Å². The van der Waals surface area contributed by atoms with Crippen LogP contribution < -0.4 is 10.5 Å². The Labute approximate surface area is 110 Å². The molecule has 17 heavy (non-hydrogen) atoms. The molecule has 0 unspecified atom stereocenters. The molecule has 0 spiro atoms. The van der Waals surface area contributed by atoms with E-state index in [0.717, 1.165) is 4.47 Å². The Kier molecular flexibility index (Phi) is 5.27. The summed E-state index contributed by atoms with van der Waals surface area (Å²) in [4.78, 5) is 0. The van der Waals surface area contributed by atoms with Gasteiger partial charge in [-0.25, -0.2) is 8.42 Å². The minimum absolute atomic E-state index is 0.160. The fourth-order valence-corrected chi connectivity index (χ4v) is 2.62. The lowest BCUT2D eigenvalue weighted by Gasteiger charge is -2.07. The highest BCUT2D eigenvalue weighted by Gasteiger charge is 2.06. The van der Waals surface area contributed by atoms with Crippen molar-refractivity contribution in [1.29, 1.82) is 0 Å². The van der Waals surface area contributed by atoms with Crippen molar-refractivity contribution < 1.29 is 13.2 Å². The Morgan fingerprint density at radius 2 is 2.06 bits per heavy atom. The number of rotatable bonds is 6. The molecule has 0 fully saturated rings. The summed E-state index contributed by atoms with van der Waals surface area (Å²) in [6.07, 6.45) is 0.489. The van der Waals surface area contributed by atoms with E-state index < -0.39 is 9.84 Å². The van der Waals surface area contributed by atoms with Crippen molar-refractivity contribution in [1.82, 2.24) is 0 Å². The van der Waals surface area contributed by atoms with Crippen LogP contribution in [0.1, 0.15) is 13.3 Å². The first-order chi connectivity index (χ1) is 7.93. The van der Waals surface area contributed by atoms with Gasteiger partial charge in [-0.15, -0.1) is 0 Å². The summed E-state index contributed by atoms with van der Waals surface area (Å²) >= 11 is 3.31. The molecule has 0 saturated carbocycles. The summed E-state index contributed by atoms with van der Waals surface area (Å²) in [5.74, 6) is 0.981. The van der Waals surface area contributed by atoms with Crippen LogP contribution >= 0.6 is 15.9 Å². The van der Waals surface area contributed by atoms with Gasteiger partial charge in [-0.1, -0.05) is 22.9 Å². The minimum Gasteiger partial charge on any atom is -0.493 e. The Hall–Kier alpha value is -0.750. The first-order valence-corrected chi connectivity index (χ1v) is 7.93. The Bertz CT molecular complexity index is 453. The quantitative estimate of drug-likeness (QED) is 0.644. The van der Waals surface area contributed by atoms with E-state index in [4.69, 9.17) is 10.5 Å². The number of benzene rings is 1. The first-order valence-electron chi connectivity index (χ1n) is 5.32.